The van der Waals surface area contributed by atoms with Crippen molar-refractivity contribution < 1.29 is 35.8 Å². The van der Waals surface area contributed by atoms with E-state index in [2.05, 4.69) is 24.2 Å². The third-order valence-electron chi connectivity index (χ3n) is 4.68. The van der Waals surface area contributed by atoms with Gasteiger partial charge in [-0.05, 0) is 63.3 Å². The maximum atomic E-state index is 11.3. The van der Waals surface area contributed by atoms with E-state index in [0.717, 1.165) is 44.9 Å². The summed E-state index contributed by atoms with van der Waals surface area (Å²) in [6, 6.07) is 0. The molecule has 0 spiro atoms. The number of unbranched alkanes of at least 4 members (excludes halogenated alkanes) is 8. The molecule has 13 heteroatoms. The van der Waals surface area contributed by atoms with Crippen molar-refractivity contribution in [3.8, 4) is 0 Å². The van der Waals surface area contributed by atoms with Crippen molar-refractivity contribution in [2.45, 2.75) is 90.9 Å². The fraction of sp³-hybridized carbons (Fsp3) is 0.750. The molecule has 2 N–H and O–H groups in total. The van der Waals surface area contributed by atoms with Crippen molar-refractivity contribution in [1.82, 2.24) is 5.32 Å². The number of carbonyl (C=O) groups excluding carboxylic acids is 1. The van der Waals surface area contributed by atoms with Crippen LogP contribution in [0.25, 0.3) is 0 Å². The van der Waals surface area contributed by atoms with E-state index >= 15 is 0 Å². The number of hydrogen-bond donors (Lipinski definition) is 2. The van der Waals surface area contributed by atoms with E-state index < -0.39 is 20.2 Å². The average molecular weight is 593 g/mol. The van der Waals surface area contributed by atoms with Crippen molar-refractivity contribution in [3.05, 3.63) is 24.3 Å². The molecule has 37 heavy (non-hydrogen) atoms. The second-order valence-electron chi connectivity index (χ2n) is 8.27. The van der Waals surface area contributed by atoms with Gasteiger partial charge in [0.25, 0.3) is 10.1 Å². The van der Waals surface area contributed by atoms with Gasteiger partial charge in [0.2, 0.25) is 5.91 Å². The third kappa shape index (κ3) is 40.2. The standard InChI is InChI=1S/2C12H23NO4S.Ca/c2*1-2-3-4-5-6-9-12(14)13-10-7-8-11-18(15,16)17;/h2*6,9H,2-5,7-8,10-11H2,1H3,(H,13,14)(H,15,16,17);/q;;+2/p-2/b2*9-6+;. The summed E-state index contributed by atoms with van der Waals surface area (Å²) in [6.45, 7) is 4.94. The Labute approximate surface area is 254 Å². The van der Waals surface area contributed by atoms with E-state index in [9.17, 15) is 31.3 Å². The van der Waals surface area contributed by atoms with Crippen LogP contribution in [0.2, 0.25) is 0 Å². The SMILES string of the molecule is CCCCC/C=C/C(=O)NCCCCS(=O)(=O)O.CCCCC/C=C/C([O-])=NCCCCS(=O)(=O)[O-].[Ca+2]. The van der Waals surface area contributed by atoms with Gasteiger partial charge in [-0.2, -0.15) is 8.42 Å². The van der Waals surface area contributed by atoms with Crippen LogP contribution in [0.5, 0.6) is 0 Å². The Bertz CT molecular complexity index is 858. The van der Waals surface area contributed by atoms with Crippen molar-refractivity contribution in [2.75, 3.05) is 24.6 Å². The van der Waals surface area contributed by atoms with Crippen LogP contribution in [0.4, 0.5) is 0 Å². The molecule has 0 aliphatic heterocycles. The Balaban J connectivity index is -0.000000608. The van der Waals surface area contributed by atoms with Gasteiger partial charge in [-0.1, -0.05) is 57.8 Å². The summed E-state index contributed by atoms with van der Waals surface area (Å²) in [6.07, 6.45) is 16.8. The second-order valence-corrected chi connectivity index (χ2v) is 11.4. The van der Waals surface area contributed by atoms with Gasteiger partial charge in [0.15, 0.2) is 0 Å². The van der Waals surface area contributed by atoms with Crippen molar-refractivity contribution in [2.24, 2.45) is 4.99 Å². The largest absolute Gasteiger partial charge is 2.00 e. The first-order chi connectivity index (χ1) is 16.9. The van der Waals surface area contributed by atoms with Crippen molar-refractivity contribution >= 4 is 69.8 Å². The van der Waals surface area contributed by atoms with E-state index in [1.165, 1.54) is 18.6 Å². The van der Waals surface area contributed by atoms with Crippen LogP contribution in [0.1, 0.15) is 90.9 Å². The molecule has 0 radical (unpaired) electrons. The molecule has 0 aromatic carbocycles. The number of carbonyl (C=O) groups is 1. The zero-order chi connectivity index (χ0) is 27.7. The molecule has 0 aliphatic carbocycles. The molecule has 0 saturated heterocycles. The molecular formula is C24H44CaN2O8S2. The number of nitrogens with one attached hydrogen (secondary N) is 1. The summed E-state index contributed by atoms with van der Waals surface area (Å²) in [7, 11) is -8.01. The van der Waals surface area contributed by atoms with Gasteiger partial charge in [0, 0.05) is 18.8 Å². The zero-order valence-corrected chi connectivity index (χ0v) is 26.2. The number of nitrogens with zero attached hydrogens (tertiary/aromatic N) is 1. The Morgan fingerprint density at radius 3 is 1.89 bits per heavy atom. The Morgan fingerprint density at radius 1 is 0.838 bits per heavy atom. The molecule has 0 unspecified atom stereocenters. The summed E-state index contributed by atoms with van der Waals surface area (Å²) < 4.78 is 60.2. The van der Waals surface area contributed by atoms with Crippen LogP contribution in [0.15, 0.2) is 29.3 Å². The molecule has 0 aliphatic rings. The first-order valence-corrected chi connectivity index (χ1v) is 15.8. The number of hydrogen-bond acceptors (Lipinski definition) is 8. The molecule has 0 fully saturated rings. The topological polar surface area (TPSA) is 176 Å². The number of allylic oxidation sites excluding steroid dienone is 2. The molecule has 212 valence electrons. The Kier molecular flexibility index (Phi) is 30.0. The molecule has 0 rings (SSSR count). The minimum absolute atomic E-state index is 0. The summed E-state index contributed by atoms with van der Waals surface area (Å²) in [5.74, 6) is -1.09. The molecule has 0 aromatic heterocycles. The predicted molar refractivity (Wildman–Crippen MR) is 147 cm³/mol. The molecule has 0 bridgehead atoms. The van der Waals surface area contributed by atoms with Crippen LogP contribution in [0.3, 0.4) is 0 Å². The van der Waals surface area contributed by atoms with Crippen LogP contribution in [0, 0.1) is 0 Å². The summed E-state index contributed by atoms with van der Waals surface area (Å²) >= 11 is 0. The van der Waals surface area contributed by atoms with Gasteiger partial charge in [-0.15, -0.1) is 0 Å². The summed E-state index contributed by atoms with van der Waals surface area (Å²) in [5.41, 5.74) is 0. The number of rotatable bonds is 20. The molecule has 1 amide bonds. The first kappa shape index (κ1) is 41.0. The van der Waals surface area contributed by atoms with E-state index in [0.29, 0.717) is 25.8 Å². The molecule has 10 nitrogen and oxygen atoms in total. The van der Waals surface area contributed by atoms with Crippen LogP contribution in [-0.4, -0.2) is 100 Å². The molecular weight excluding hydrogens is 548 g/mol. The minimum Gasteiger partial charge on any atom is -0.859 e. The molecule has 0 aromatic rings. The monoisotopic (exact) mass is 592 g/mol. The van der Waals surface area contributed by atoms with Gasteiger partial charge in [-0.25, -0.2) is 8.42 Å². The van der Waals surface area contributed by atoms with Crippen LogP contribution < -0.4 is 10.4 Å². The normalized spacial score (nSPS) is 12.3. The van der Waals surface area contributed by atoms with E-state index in [-0.39, 0.29) is 74.0 Å². The molecule has 0 saturated carbocycles. The van der Waals surface area contributed by atoms with Gasteiger partial charge in [-0.3, -0.25) is 9.35 Å². The third-order valence-corrected chi connectivity index (χ3v) is 6.27. The van der Waals surface area contributed by atoms with Crippen LogP contribution in [-0.2, 0) is 25.0 Å². The van der Waals surface area contributed by atoms with E-state index in [1.54, 1.807) is 0 Å². The van der Waals surface area contributed by atoms with E-state index in [4.69, 9.17) is 4.55 Å². The van der Waals surface area contributed by atoms with Crippen molar-refractivity contribution in [1.29, 1.82) is 0 Å². The fourth-order valence-corrected chi connectivity index (χ4v) is 3.84. The maximum Gasteiger partial charge on any atom is 2.00 e. The average Bonchev–Trinajstić information content (AvgIpc) is 2.77. The summed E-state index contributed by atoms with van der Waals surface area (Å²) in [5, 5.41) is 13.9. The second kappa shape index (κ2) is 27.1. The van der Waals surface area contributed by atoms with Crippen LogP contribution >= 0.6 is 0 Å². The first-order valence-electron chi connectivity index (χ1n) is 12.6. The van der Waals surface area contributed by atoms with Gasteiger partial charge < -0.3 is 20.0 Å². The van der Waals surface area contributed by atoms with Gasteiger partial charge in [0.1, 0.15) is 0 Å². The van der Waals surface area contributed by atoms with Gasteiger partial charge >= 0.3 is 37.7 Å². The van der Waals surface area contributed by atoms with Crippen molar-refractivity contribution in [3.63, 3.8) is 0 Å². The maximum absolute atomic E-state index is 11.3. The zero-order valence-electron chi connectivity index (χ0n) is 22.4. The number of aliphatic imine (C=N–C) groups is 1. The Hall–Kier alpha value is -0.500. The number of amides is 1. The van der Waals surface area contributed by atoms with Gasteiger partial charge in [0.05, 0.1) is 15.9 Å². The summed E-state index contributed by atoms with van der Waals surface area (Å²) in [4.78, 5) is 15.0. The Morgan fingerprint density at radius 2 is 1.38 bits per heavy atom. The quantitative estimate of drug-likeness (QED) is 0.0541. The fourth-order valence-electron chi connectivity index (χ4n) is 2.71. The van der Waals surface area contributed by atoms with E-state index in [1.807, 2.05) is 12.2 Å². The predicted octanol–water partition coefficient (Wildman–Crippen LogP) is 2.73. The minimum atomic E-state index is -4.14. The molecule has 0 heterocycles. The smallest absolute Gasteiger partial charge is 0.859 e. The molecule has 0 atom stereocenters.